The summed E-state index contributed by atoms with van der Waals surface area (Å²) in [7, 11) is 0.0450. The highest BCUT2D eigenvalue weighted by molar-refractivity contribution is 6.96. The average molecular weight is 646 g/mol. The average Bonchev–Trinajstić information content (AvgIpc) is 2.97. The van der Waals surface area contributed by atoms with Crippen molar-refractivity contribution in [3.63, 3.8) is 0 Å². The second kappa shape index (κ2) is 11.9. The van der Waals surface area contributed by atoms with Gasteiger partial charge in [0.2, 0.25) is 5.71 Å². The number of aryl methyl sites for hydroxylation is 1. The molecule has 232 valence electrons. The first kappa shape index (κ1) is 32.6. The fraction of sp³-hybridized carbons (Fsp3) is 0.395. The molecule has 3 aliphatic rings. The Hall–Kier alpha value is -2.79. The van der Waals surface area contributed by atoms with Gasteiger partial charge < -0.3 is 22.4 Å². The molecule has 3 aromatic carbocycles. The fourth-order valence-corrected chi connectivity index (χ4v) is 11.9. The van der Waals surface area contributed by atoms with Crippen LogP contribution in [0.1, 0.15) is 62.3 Å². The smallest absolute Gasteiger partial charge is 0.203 e. The minimum absolute atomic E-state index is 0. The number of aromatic hydroxyl groups is 1. The van der Waals surface area contributed by atoms with Crippen molar-refractivity contribution < 1.29 is 22.1 Å². The minimum atomic E-state index is -2.08. The molecule has 0 bridgehead atoms. The molecule has 2 heterocycles. The highest BCUT2D eigenvalue weighted by Gasteiger charge is 2.50. The normalized spacial score (nSPS) is 23.0. The first-order valence-electron chi connectivity index (χ1n) is 15.8. The molecule has 0 saturated heterocycles. The number of rotatable bonds is 5. The molecule has 44 heavy (non-hydrogen) atoms. The summed E-state index contributed by atoms with van der Waals surface area (Å²) >= 11 is 6.28. The molecule has 3 aromatic rings. The Morgan fingerprint density at radius 2 is 1.66 bits per heavy atom. The Labute approximate surface area is 276 Å². The monoisotopic (exact) mass is 644 g/mol. The number of alkyl halides is 1. The van der Waals surface area contributed by atoms with E-state index in [4.69, 9.17) is 11.6 Å². The molecule has 3 unspecified atom stereocenters. The van der Waals surface area contributed by atoms with E-state index >= 15 is 0 Å². The zero-order chi connectivity index (χ0) is 30.8. The van der Waals surface area contributed by atoms with Gasteiger partial charge in [0.25, 0.3) is 0 Å². The first-order valence-corrected chi connectivity index (χ1v) is 19.3. The molecule has 2 aliphatic heterocycles. The molecule has 0 saturated carbocycles. The second-order valence-corrected chi connectivity index (χ2v) is 18.7. The lowest BCUT2D eigenvalue weighted by atomic mass is 9.71. The van der Waals surface area contributed by atoms with E-state index in [0.717, 1.165) is 12.2 Å². The number of phenolic OH excluding ortho intramolecular Hbond substituents is 1. The second-order valence-electron chi connectivity index (χ2n) is 14.1. The van der Waals surface area contributed by atoms with E-state index in [1.807, 2.05) is 12.1 Å². The van der Waals surface area contributed by atoms with E-state index in [1.54, 1.807) is 17.3 Å². The molecule has 3 nitrogen and oxygen atoms in total. The number of benzene rings is 3. The third kappa shape index (κ3) is 5.27. The van der Waals surface area contributed by atoms with Gasteiger partial charge in [0.05, 0.1) is 0 Å². The van der Waals surface area contributed by atoms with Gasteiger partial charge in [0.15, 0.2) is 5.54 Å². The van der Waals surface area contributed by atoms with Crippen molar-refractivity contribution in [2.45, 2.75) is 71.5 Å². The van der Waals surface area contributed by atoms with Gasteiger partial charge in [-0.3, -0.25) is 0 Å². The Morgan fingerprint density at radius 1 is 1.00 bits per heavy atom. The number of anilines is 2. The number of hydrogen-bond donors (Lipinski definition) is 1. The van der Waals surface area contributed by atoms with E-state index in [9.17, 15) is 5.11 Å². The molecule has 0 amide bonds. The summed E-state index contributed by atoms with van der Waals surface area (Å²) in [6, 6.07) is 21.5. The standard InChI is InChI=1S/C38H45ClN2OSi.ClH/c1-9-41-34-21-36-33(20-32(34)25(3)22-38(41,4)5)37(30-16-10-26(23-39)18-24(30)2)31-17-13-28(19-35(31)43(36,7)8)40(6)27-11-14-29(42)15-12-27;/h10-21,25,33,37H,9,22-23H2,1-8H3;1H. The van der Waals surface area contributed by atoms with Crippen LogP contribution < -0.4 is 22.5 Å². The summed E-state index contributed by atoms with van der Waals surface area (Å²) in [6.07, 6.45) is 6.49. The van der Waals surface area contributed by atoms with Crippen LogP contribution in [-0.2, 0) is 5.88 Å². The maximum Gasteiger partial charge on any atom is 0.203 e. The number of phenols is 1. The van der Waals surface area contributed by atoms with Crippen molar-refractivity contribution in [3.8, 4) is 5.75 Å². The van der Waals surface area contributed by atoms with Crippen molar-refractivity contribution in [2.24, 2.45) is 11.8 Å². The summed E-state index contributed by atoms with van der Waals surface area (Å²) in [5.74, 6) is 1.95. The number of nitrogens with zero attached hydrogens (tertiary/aromatic N) is 2. The Balaban J connectivity index is 0.00000384. The minimum Gasteiger partial charge on any atom is -1.00 e. The first-order chi connectivity index (χ1) is 20.4. The molecule has 0 radical (unpaired) electrons. The van der Waals surface area contributed by atoms with E-state index < -0.39 is 8.07 Å². The molecule has 0 spiro atoms. The lowest BCUT2D eigenvalue weighted by Gasteiger charge is -2.47. The Bertz CT molecular complexity index is 1690. The van der Waals surface area contributed by atoms with Gasteiger partial charge in [-0.15, -0.1) is 11.6 Å². The predicted octanol–water partition coefficient (Wildman–Crippen LogP) is 5.59. The molecule has 1 aliphatic carbocycles. The van der Waals surface area contributed by atoms with Crippen LogP contribution in [0.25, 0.3) is 0 Å². The zero-order valence-corrected chi connectivity index (χ0v) is 29.9. The molecule has 6 rings (SSSR count). The van der Waals surface area contributed by atoms with E-state index in [1.165, 1.54) is 50.8 Å². The largest absolute Gasteiger partial charge is 1.00 e. The van der Waals surface area contributed by atoms with Gasteiger partial charge in [0.1, 0.15) is 20.4 Å². The van der Waals surface area contributed by atoms with Crippen LogP contribution in [0.5, 0.6) is 5.75 Å². The van der Waals surface area contributed by atoms with Crippen LogP contribution in [0.4, 0.5) is 11.4 Å². The topological polar surface area (TPSA) is 26.5 Å². The predicted molar refractivity (Wildman–Crippen MR) is 186 cm³/mol. The maximum absolute atomic E-state index is 9.87. The Morgan fingerprint density at radius 3 is 2.30 bits per heavy atom. The van der Waals surface area contributed by atoms with Gasteiger partial charge in [-0.2, -0.15) is 0 Å². The maximum atomic E-state index is 9.87. The van der Waals surface area contributed by atoms with Crippen LogP contribution in [0.3, 0.4) is 0 Å². The van der Waals surface area contributed by atoms with Gasteiger partial charge in [-0.25, -0.2) is 4.58 Å². The van der Waals surface area contributed by atoms with Crippen LogP contribution in [-0.4, -0.2) is 42.6 Å². The molecule has 3 atom stereocenters. The van der Waals surface area contributed by atoms with Gasteiger partial charge in [0, 0.05) is 54.2 Å². The number of hydrogen-bond acceptors (Lipinski definition) is 2. The third-order valence-corrected chi connectivity index (χ3v) is 14.6. The summed E-state index contributed by atoms with van der Waals surface area (Å²) in [5.41, 5.74) is 10.7. The summed E-state index contributed by atoms with van der Waals surface area (Å²) < 4.78 is 2.66. The van der Waals surface area contributed by atoms with Crippen LogP contribution in [0.2, 0.25) is 13.1 Å². The highest BCUT2D eigenvalue weighted by atomic mass is 35.5. The molecule has 0 aromatic heterocycles. The summed E-state index contributed by atoms with van der Waals surface area (Å²) in [6.45, 7) is 18.0. The molecular formula is C38H46Cl2N2OSi. The summed E-state index contributed by atoms with van der Waals surface area (Å²) in [5, 5.41) is 13.0. The molecular weight excluding hydrogens is 599 g/mol. The van der Waals surface area contributed by atoms with Gasteiger partial charge in [-0.05, 0) is 97.5 Å². The molecule has 1 N–H and O–H groups in total. The molecule has 0 fully saturated rings. The Kier molecular flexibility index (Phi) is 8.78. The number of allylic oxidation sites excluding steroid dienone is 4. The highest BCUT2D eigenvalue weighted by Crippen LogP contribution is 2.50. The van der Waals surface area contributed by atoms with Crippen molar-refractivity contribution >= 4 is 41.9 Å². The lowest BCUT2D eigenvalue weighted by molar-refractivity contribution is -0.602. The van der Waals surface area contributed by atoms with Gasteiger partial charge >= 0.3 is 0 Å². The van der Waals surface area contributed by atoms with Crippen molar-refractivity contribution in [1.82, 2.24) is 0 Å². The van der Waals surface area contributed by atoms with E-state index in [0.29, 0.717) is 17.7 Å². The fourth-order valence-electron chi connectivity index (χ4n) is 8.38. The summed E-state index contributed by atoms with van der Waals surface area (Å²) in [4.78, 5) is 2.23. The van der Waals surface area contributed by atoms with Crippen LogP contribution in [0.15, 0.2) is 83.6 Å². The quantitative estimate of drug-likeness (QED) is 0.223. The third-order valence-electron chi connectivity index (χ3n) is 10.6. The van der Waals surface area contributed by atoms with E-state index in [-0.39, 0.29) is 29.6 Å². The van der Waals surface area contributed by atoms with Crippen molar-refractivity contribution in [3.05, 3.63) is 106 Å². The SMILES string of the molecule is CC[N+]1=C2C=C3C(C=C2C(C)CC1(C)C)C(c1ccc(CCl)cc1C)c1ccc(N(C)c2ccc(O)cc2)cc1[Si]3(C)C.[Cl-]. The van der Waals surface area contributed by atoms with Crippen LogP contribution in [0, 0.1) is 18.8 Å². The van der Waals surface area contributed by atoms with E-state index in [2.05, 4.69) is 113 Å². The van der Waals surface area contributed by atoms with Crippen molar-refractivity contribution in [1.29, 1.82) is 0 Å². The zero-order valence-electron chi connectivity index (χ0n) is 27.4. The molecule has 6 heteroatoms. The van der Waals surface area contributed by atoms with Gasteiger partial charge in [-0.1, -0.05) is 55.6 Å². The number of halogens is 2. The number of fused-ring (bicyclic) bond motifs is 3. The van der Waals surface area contributed by atoms with Crippen molar-refractivity contribution in [2.75, 3.05) is 18.5 Å². The van der Waals surface area contributed by atoms with Crippen LogP contribution >= 0.6 is 11.6 Å². The lowest BCUT2D eigenvalue weighted by Crippen LogP contribution is -3.00.